The van der Waals surface area contributed by atoms with E-state index in [9.17, 15) is 9.90 Å². The molecule has 0 spiro atoms. The summed E-state index contributed by atoms with van der Waals surface area (Å²) in [5, 5.41) is 11.6. The molecule has 0 radical (unpaired) electrons. The van der Waals surface area contributed by atoms with E-state index in [2.05, 4.69) is 29.0 Å². The summed E-state index contributed by atoms with van der Waals surface area (Å²) in [6.07, 6.45) is 9.83. The molecule has 0 amide bonds. The number of nitrogens with zero attached hydrogens (tertiary/aromatic N) is 4. The largest absolute Gasteiger partial charge is 0.391 e. The number of hydrogen-bond donors (Lipinski definition) is 1. The average Bonchev–Trinajstić information content (AvgIpc) is 2.79. The summed E-state index contributed by atoms with van der Waals surface area (Å²) >= 11 is 5.96. The molecule has 6 nitrogen and oxygen atoms in total. The number of halogens is 1. The second-order valence-corrected chi connectivity index (χ2v) is 8.82. The van der Waals surface area contributed by atoms with Crippen LogP contribution in [0.3, 0.4) is 0 Å². The molecule has 2 unspecified atom stereocenters. The van der Waals surface area contributed by atoms with Crippen LogP contribution in [0.5, 0.6) is 0 Å². The minimum atomic E-state index is -0.588. The number of benzene rings is 1. The zero-order valence-electron chi connectivity index (χ0n) is 18.8. The minimum absolute atomic E-state index is 0.109. The van der Waals surface area contributed by atoms with Gasteiger partial charge in [0.1, 0.15) is 10.7 Å². The first kappa shape index (κ1) is 22.5. The summed E-state index contributed by atoms with van der Waals surface area (Å²) < 4.78 is 1.62. The molecule has 1 aliphatic heterocycles. The smallest absolute Gasteiger partial charge is 0.261 e. The number of likely N-dealkylation sites (N-methyl/N-ethyl adjacent to an activating group) is 1. The Kier molecular flexibility index (Phi) is 6.63. The standard InChI is InChI=1S/C25H29ClN4O2/c1-4-7-20(21(31)5-2)30-15-28-23-19(25(30)32)13-17(12-16-9-10-22(26)27-14-16)18-8-6-11-29(3)24(18)23/h6,8-10,13-15,20-21,31H,4-5,7,11-12H2,1-3H3. The Morgan fingerprint density at radius 2 is 2.06 bits per heavy atom. The molecule has 7 heteroatoms. The van der Waals surface area contributed by atoms with Crippen molar-refractivity contribution in [1.29, 1.82) is 0 Å². The zero-order chi connectivity index (χ0) is 22.8. The second kappa shape index (κ2) is 9.43. The molecule has 3 heterocycles. The monoisotopic (exact) mass is 452 g/mol. The number of pyridine rings is 1. The van der Waals surface area contributed by atoms with Gasteiger partial charge in [0.15, 0.2) is 0 Å². The molecule has 32 heavy (non-hydrogen) atoms. The van der Waals surface area contributed by atoms with Crippen molar-refractivity contribution < 1.29 is 5.11 Å². The van der Waals surface area contributed by atoms with Gasteiger partial charge in [-0.05, 0) is 42.5 Å². The lowest BCUT2D eigenvalue weighted by Gasteiger charge is -2.28. The lowest BCUT2D eigenvalue weighted by atomic mass is 9.94. The van der Waals surface area contributed by atoms with E-state index < -0.39 is 6.10 Å². The normalized spacial score (nSPS) is 15.1. The minimum Gasteiger partial charge on any atom is -0.391 e. The van der Waals surface area contributed by atoms with Gasteiger partial charge in [0.2, 0.25) is 0 Å². The van der Waals surface area contributed by atoms with Crippen LogP contribution in [0.15, 0.2) is 41.6 Å². The summed E-state index contributed by atoms with van der Waals surface area (Å²) in [7, 11) is 2.02. The lowest BCUT2D eigenvalue weighted by molar-refractivity contribution is 0.101. The van der Waals surface area contributed by atoms with Gasteiger partial charge in [-0.25, -0.2) is 9.97 Å². The maximum atomic E-state index is 13.7. The van der Waals surface area contributed by atoms with Crippen LogP contribution in [0.2, 0.25) is 5.15 Å². The third-order valence-electron chi connectivity index (χ3n) is 6.21. The van der Waals surface area contributed by atoms with Crippen LogP contribution in [0.4, 0.5) is 5.69 Å². The van der Waals surface area contributed by atoms with Crippen LogP contribution in [-0.4, -0.2) is 39.3 Å². The number of fused-ring (bicyclic) bond motifs is 3. The fourth-order valence-corrected chi connectivity index (χ4v) is 4.63. The van der Waals surface area contributed by atoms with Crippen molar-refractivity contribution in [3.63, 3.8) is 0 Å². The Morgan fingerprint density at radius 3 is 2.75 bits per heavy atom. The van der Waals surface area contributed by atoms with Crippen LogP contribution in [0, 0.1) is 0 Å². The van der Waals surface area contributed by atoms with Gasteiger partial charge >= 0.3 is 0 Å². The molecule has 2 atom stereocenters. The molecule has 2 aromatic heterocycles. The molecule has 1 aliphatic rings. The molecule has 0 aliphatic carbocycles. The summed E-state index contributed by atoms with van der Waals surface area (Å²) in [6.45, 7) is 4.75. The van der Waals surface area contributed by atoms with Gasteiger partial charge in [-0.3, -0.25) is 9.36 Å². The van der Waals surface area contributed by atoms with E-state index in [4.69, 9.17) is 16.6 Å². The van der Waals surface area contributed by atoms with Crippen molar-refractivity contribution in [3.8, 4) is 0 Å². The van der Waals surface area contributed by atoms with Gasteiger partial charge in [0, 0.05) is 25.4 Å². The molecule has 0 fully saturated rings. The van der Waals surface area contributed by atoms with Crippen molar-refractivity contribution in [3.05, 3.63) is 69.0 Å². The van der Waals surface area contributed by atoms with Crippen LogP contribution < -0.4 is 10.5 Å². The topological polar surface area (TPSA) is 71.2 Å². The summed E-state index contributed by atoms with van der Waals surface area (Å²) in [6, 6.07) is 5.41. The maximum absolute atomic E-state index is 13.7. The van der Waals surface area contributed by atoms with Crippen molar-refractivity contribution in [2.45, 2.75) is 51.7 Å². The highest BCUT2D eigenvalue weighted by molar-refractivity contribution is 6.29. The van der Waals surface area contributed by atoms with Crippen molar-refractivity contribution in [1.82, 2.24) is 14.5 Å². The van der Waals surface area contributed by atoms with Gasteiger partial charge in [0.05, 0.1) is 29.5 Å². The number of hydrogen-bond acceptors (Lipinski definition) is 5. The van der Waals surface area contributed by atoms with Crippen molar-refractivity contribution >= 4 is 34.3 Å². The highest BCUT2D eigenvalue weighted by atomic mass is 35.5. The first-order chi connectivity index (χ1) is 15.4. The fourth-order valence-electron chi connectivity index (χ4n) is 4.52. The molecule has 1 aromatic carbocycles. The van der Waals surface area contributed by atoms with E-state index in [1.165, 1.54) is 0 Å². The summed E-state index contributed by atoms with van der Waals surface area (Å²) in [5.41, 5.74) is 4.69. The predicted octanol–water partition coefficient (Wildman–Crippen LogP) is 4.61. The van der Waals surface area contributed by atoms with E-state index in [-0.39, 0.29) is 11.6 Å². The molecule has 168 valence electrons. The lowest BCUT2D eigenvalue weighted by Crippen LogP contribution is -2.33. The van der Waals surface area contributed by atoms with Crippen LogP contribution >= 0.6 is 11.6 Å². The van der Waals surface area contributed by atoms with E-state index in [0.29, 0.717) is 28.9 Å². The number of anilines is 1. The Morgan fingerprint density at radius 1 is 1.25 bits per heavy atom. The molecule has 0 saturated carbocycles. The first-order valence-electron chi connectivity index (χ1n) is 11.2. The van der Waals surface area contributed by atoms with Gasteiger partial charge < -0.3 is 10.0 Å². The Labute approximate surface area is 193 Å². The van der Waals surface area contributed by atoms with E-state index in [1.807, 2.05) is 26.1 Å². The molecule has 3 aromatic rings. The van der Waals surface area contributed by atoms with Gasteiger partial charge in [-0.15, -0.1) is 0 Å². The third kappa shape index (κ3) is 4.17. The molecular formula is C25H29ClN4O2. The second-order valence-electron chi connectivity index (χ2n) is 8.43. The van der Waals surface area contributed by atoms with E-state index in [0.717, 1.165) is 41.8 Å². The highest BCUT2D eigenvalue weighted by Gasteiger charge is 2.24. The van der Waals surface area contributed by atoms with Crippen molar-refractivity contribution in [2.75, 3.05) is 18.5 Å². The number of aliphatic hydroxyl groups is 1. The number of rotatable bonds is 7. The van der Waals surface area contributed by atoms with Gasteiger partial charge in [-0.2, -0.15) is 0 Å². The number of aromatic nitrogens is 3. The van der Waals surface area contributed by atoms with E-state index in [1.54, 1.807) is 23.2 Å². The summed E-state index contributed by atoms with van der Waals surface area (Å²) in [4.78, 5) is 24.7. The molecule has 4 rings (SSSR count). The van der Waals surface area contributed by atoms with Gasteiger partial charge in [-0.1, -0.05) is 50.1 Å². The quantitative estimate of drug-likeness (QED) is 0.530. The van der Waals surface area contributed by atoms with Crippen molar-refractivity contribution in [2.24, 2.45) is 0 Å². The SMILES string of the molecule is CCCC(C(O)CC)n1cnc2c3c(c(Cc4ccc(Cl)nc4)cc2c1=O)C=CCN3C. The summed E-state index contributed by atoms with van der Waals surface area (Å²) in [5.74, 6) is 0. The van der Waals surface area contributed by atoms with Crippen LogP contribution in [0.25, 0.3) is 17.0 Å². The molecule has 0 saturated heterocycles. The average molecular weight is 453 g/mol. The maximum Gasteiger partial charge on any atom is 0.261 e. The Hall–Kier alpha value is -2.70. The molecule has 1 N–H and O–H groups in total. The zero-order valence-corrected chi connectivity index (χ0v) is 19.5. The molecular weight excluding hydrogens is 424 g/mol. The molecule has 0 bridgehead atoms. The first-order valence-corrected chi connectivity index (χ1v) is 11.5. The third-order valence-corrected chi connectivity index (χ3v) is 6.43. The van der Waals surface area contributed by atoms with Crippen LogP contribution in [0.1, 0.15) is 55.8 Å². The van der Waals surface area contributed by atoms with Gasteiger partial charge in [0.25, 0.3) is 5.56 Å². The predicted molar refractivity (Wildman–Crippen MR) is 131 cm³/mol. The Balaban J connectivity index is 1.92. The fraction of sp³-hybridized carbons (Fsp3) is 0.400. The Bertz CT molecular complexity index is 1200. The van der Waals surface area contributed by atoms with E-state index >= 15 is 0 Å². The number of aliphatic hydroxyl groups excluding tert-OH is 1. The highest BCUT2D eigenvalue weighted by Crippen LogP contribution is 2.35. The van der Waals surface area contributed by atoms with Crippen LogP contribution in [-0.2, 0) is 6.42 Å².